The monoisotopic (exact) mass is 409 g/mol. The number of nitrogens with zero attached hydrogens (tertiary/aromatic N) is 1. The van der Waals surface area contributed by atoms with E-state index in [9.17, 15) is 4.79 Å². The van der Waals surface area contributed by atoms with Crippen molar-refractivity contribution in [2.24, 2.45) is 0 Å². The molecule has 0 spiro atoms. The van der Waals surface area contributed by atoms with Crippen molar-refractivity contribution in [1.29, 1.82) is 0 Å². The summed E-state index contributed by atoms with van der Waals surface area (Å²) in [5.41, 5.74) is 0. The lowest BCUT2D eigenvalue weighted by Gasteiger charge is -2.17. The third-order valence-corrected chi connectivity index (χ3v) is 4.85. The molecule has 0 aliphatic heterocycles. The Labute approximate surface area is 155 Å². The summed E-state index contributed by atoms with van der Waals surface area (Å²) < 4.78 is 11.8. The van der Waals surface area contributed by atoms with Gasteiger partial charge in [0.15, 0.2) is 0 Å². The largest absolute Gasteiger partial charge is 0.497 e. The molecule has 1 amide bonds. The number of carbonyl (C=O) groups excluding carboxylic acids is 1. The first-order valence-corrected chi connectivity index (χ1v) is 9.25. The number of hydrogen-bond acceptors (Lipinski definition) is 4. The molecule has 24 heavy (non-hydrogen) atoms. The van der Waals surface area contributed by atoms with Crippen molar-refractivity contribution < 1.29 is 14.3 Å². The minimum atomic E-state index is 0.0715. The first kappa shape index (κ1) is 18.7. The molecule has 2 rings (SSSR count). The van der Waals surface area contributed by atoms with Gasteiger partial charge < -0.3 is 14.4 Å². The first-order chi connectivity index (χ1) is 11.6. The quantitative estimate of drug-likeness (QED) is 0.615. The lowest BCUT2D eigenvalue weighted by Crippen LogP contribution is -2.32. The molecule has 0 aromatic heterocycles. The van der Waals surface area contributed by atoms with Crippen LogP contribution in [0.25, 0.3) is 0 Å². The fourth-order valence-electron chi connectivity index (χ4n) is 1.90. The Morgan fingerprint density at radius 2 is 1.92 bits per heavy atom. The van der Waals surface area contributed by atoms with Crippen molar-refractivity contribution >= 4 is 33.6 Å². The number of halogens is 1. The predicted octanol–water partition coefficient (Wildman–Crippen LogP) is 4.09. The smallest absolute Gasteiger partial charge is 0.232 e. The average molecular weight is 410 g/mol. The van der Waals surface area contributed by atoms with Crippen molar-refractivity contribution in [2.75, 3.05) is 33.1 Å². The van der Waals surface area contributed by atoms with E-state index in [0.29, 0.717) is 18.9 Å². The summed E-state index contributed by atoms with van der Waals surface area (Å²) in [6.45, 7) is 1.02. The zero-order valence-electron chi connectivity index (χ0n) is 13.7. The molecule has 0 N–H and O–H groups in total. The van der Waals surface area contributed by atoms with Crippen molar-refractivity contribution in [1.82, 2.24) is 4.90 Å². The van der Waals surface area contributed by atoms with Gasteiger partial charge in [0, 0.05) is 16.4 Å². The van der Waals surface area contributed by atoms with Crippen LogP contribution >= 0.6 is 27.7 Å². The van der Waals surface area contributed by atoms with E-state index in [4.69, 9.17) is 9.47 Å². The van der Waals surface area contributed by atoms with Crippen LogP contribution in [0.15, 0.2) is 57.9 Å². The number of amides is 1. The van der Waals surface area contributed by atoms with Gasteiger partial charge in [-0.2, -0.15) is 0 Å². The summed E-state index contributed by atoms with van der Waals surface area (Å²) in [4.78, 5) is 14.9. The first-order valence-electron chi connectivity index (χ1n) is 7.47. The molecule has 4 nitrogen and oxygen atoms in total. The maximum absolute atomic E-state index is 12.2. The molecule has 0 aliphatic carbocycles. The van der Waals surface area contributed by atoms with Gasteiger partial charge in [-0.15, -0.1) is 11.8 Å². The molecular weight excluding hydrogens is 390 g/mol. The van der Waals surface area contributed by atoms with Gasteiger partial charge in [-0.3, -0.25) is 4.79 Å². The topological polar surface area (TPSA) is 38.8 Å². The van der Waals surface area contributed by atoms with Gasteiger partial charge in [-0.25, -0.2) is 0 Å². The van der Waals surface area contributed by atoms with Crippen LogP contribution in [0.3, 0.4) is 0 Å². The van der Waals surface area contributed by atoms with Crippen LogP contribution in [-0.4, -0.2) is 43.9 Å². The van der Waals surface area contributed by atoms with Gasteiger partial charge in [0.1, 0.15) is 18.1 Å². The van der Waals surface area contributed by atoms with Crippen molar-refractivity contribution in [2.45, 2.75) is 4.90 Å². The SMILES string of the molecule is COc1cccc(SCC(=O)N(C)CCOc2ccc(Br)cc2)c1. The highest BCUT2D eigenvalue weighted by atomic mass is 79.9. The molecule has 0 saturated heterocycles. The zero-order chi connectivity index (χ0) is 17.4. The lowest BCUT2D eigenvalue weighted by atomic mass is 10.3. The molecule has 2 aromatic rings. The number of thioether (sulfide) groups is 1. The minimum absolute atomic E-state index is 0.0715. The van der Waals surface area contributed by atoms with Crippen molar-refractivity contribution in [3.63, 3.8) is 0 Å². The maximum Gasteiger partial charge on any atom is 0.232 e. The molecule has 0 fully saturated rings. The molecule has 0 unspecified atom stereocenters. The lowest BCUT2D eigenvalue weighted by molar-refractivity contribution is -0.127. The zero-order valence-corrected chi connectivity index (χ0v) is 16.1. The van der Waals surface area contributed by atoms with Crippen LogP contribution in [0.2, 0.25) is 0 Å². The van der Waals surface area contributed by atoms with Gasteiger partial charge >= 0.3 is 0 Å². The van der Waals surface area contributed by atoms with Crippen LogP contribution in [0.4, 0.5) is 0 Å². The number of benzene rings is 2. The molecule has 0 heterocycles. The van der Waals surface area contributed by atoms with E-state index in [1.807, 2.05) is 48.5 Å². The van der Waals surface area contributed by atoms with Crippen LogP contribution in [0.5, 0.6) is 11.5 Å². The molecule has 128 valence electrons. The molecule has 0 bridgehead atoms. The highest BCUT2D eigenvalue weighted by Crippen LogP contribution is 2.23. The molecule has 0 saturated carbocycles. The van der Waals surface area contributed by atoms with E-state index in [1.54, 1.807) is 19.1 Å². The summed E-state index contributed by atoms with van der Waals surface area (Å²) >= 11 is 4.88. The van der Waals surface area contributed by atoms with Gasteiger partial charge in [0.2, 0.25) is 5.91 Å². The van der Waals surface area contributed by atoms with Crippen LogP contribution in [0.1, 0.15) is 0 Å². The fourth-order valence-corrected chi connectivity index (χ4v) is 3.05. The number of ether oxygens (including phenoxy) is 2. The molecule has 0 radical (unpaired) electrons. The normalized spacial score (nSPS) is 10.3. The number of likely N-dealkylation sites (N-methyl/N-ethyl adjacent to an activating group) is 1. The molecule has 2 aromatic carbocycles. The van der Waals surface area contributed by atoms with E-state index < -0.39 is 0 Å². The second-order valence-electron chi connectivity index (χ2n) is 5.09. The number of rotatable bonds is 8. The predicted molar refractivity (Wildman–Crippen MR) is 101 cm³/mol. The molecule has 6 heteroatoms. The number of methoxy groups -OCH3 is 1. The van der Waals surface area contributed by atoms with Gasteiger partial charge in [-0.1, -0.05) is 22.0 Å². The minimum Gasteiger partial charge on any atom is -0.497 e. The van der Waals surface area contributed by atoms with Crippen LogP contribution < -0.4 is 9.47 Å². The van der Waals surface area contributed by atoms with E-state index >= 15 is 0 Å². The maximum atomic E-state index is 12.2. The summed E-state index contributed by atoms with van der Waals surface area (Å²) in [6, 6.07) is 15.3. The molecular formula is C18H20BrNO3S. The summed E-state index contributed by atoms with van der Waals surface area (Å²) in [7, 11) is 3.42. The second-order valence-corrected chi connectivity index (χ2v) is 7.05. The van der Waals surface area contributed by atoms with E-state index in [-0.39, 0.29) is 5.91 Å². The average Bonchev–Trinajstić information content (AvgIpc) is 2.61. The van der Waals surface area contributed by atoms with Gasteiger partial charge in [0.05, 0.1) is 19.4 Å². The second kappa shape index (κ2) is 9.59. The standard InChI is InChI=1S/C18H20BrNO3S/c1-20(10-11-23-15-8-6-14(19)7-9-15)18(21)13-24-17-5-3-4-16(12-17)22-2/h3-9,12H,10-11,13H2,1-2H3. The number of carbonyl (C=O) groups is 1. The highest BCUT2D eigenvalue weighted by Gasteiger charge is 2.09. The van der Waals surface area contributed by atoms with E-state index in [2.05, 4.69) is 15.9 Å². The Morgan fingerprint density at radius 3 is 2.62 bits per heavy atom. The Balaban J connectivity index is 1.72. The van der Waals surface area contributed by atoms with Gasteiger partial charge in [0.25, 0.3) is 0 Å². The Kier molecular flexibility index (Phi) is 7.46. The van der Waals surface area contributed by atoms with Crippen molar-refractivity contribution in [3.8, 4) is 11.5 Å². The number of hydrogen-bond donors (Lipinski definition) is 0. The summed E-state index contributed by atoms with van der Waals surface area (Å²) in [6.07, 6.45) is 0. The Hall–Kier alpha value is -1.66. The fraction of sp³-hybridized carbons (Fsp3) is 0.278. The Morgan fingerprint density at radius 1 is 1.17 bits per heavy atom. The van der Waals surface area contributed by atoms with E-state index in [0.717, 1.165) is 20.9 Å². The summed E-state index contributed by atoms with van der Waals surface area (Å²) in [5, 5.41) is 0. The van der Waals surface area contributed by atoms with Crippen molar-refractivity contribution in [3.05, 3.63) is 53.0 Å². The van der Waals surface area contributed by atoms with Crippen LogP contribution in [0, 0.1) is 0 Å². The molecule has 0 aliphatic rings. The van der Waals surface area contributed by atoms with Gasteiger partial charge in [-0.05, 0) is 42.5 Å². The van der Waals surface area contributed by atoms with E-state index in [1.165, 1.54) is 11.8 Å². The summed E-state index contributed by atoms with van der Waals surface area (Å²) in [5.74, 6) is 2.05. The highest BCUT2D eigenvalue weighted by molar-refractivity contribution is 9.10. The third kappa shape index (κ3) is 6.09. The Bertz CT molecular complexity index is 664. The third-order valence-electron chi connectivity index (χ3n) is 3.34. The van der Waals surface area contributed by atoms with Crippen LogP contribution in [-0.2, 0) is 4.79 Å². The molecule has 0 atom stereocenters.